The molecule has 26 heavy (non-hydrogen) atoms. The van der Waals surface area contributed by atoms with Gasteiger partial charge in [0.15, 0.2) is 0 Å². The molecule has 2 heterocycles. The Morgan fingerprint density at radius 1 is 1.19 bits per heavy atom. The van der Waals surface area contributed by atoms with Gasteiger partial charge < -0.3 is 15.0 Å². The number of rotatable bonds is 7. The molecule has 140 valence electrons. The van der Waals surface area contributed by atoms with E-state index >= 15 is 0 Å². The molecule has 1 aromatic heterocycles. The Hall–Kier alpha value is -1.89. The lowest BCUT2D eigenvalue weighted by atomic mass is 10.1. The zero-order valence-electron chi connectivity index (χ0n) is 15.5. The Morgan fingerprint density at radius 2 is 1.92 bits per heavy atom. The van der Waals surface area contributed by atoms with Crippen LogP contribution in [0.5, 0.6) is 5.75 Å². The lowest BCUT2D eigenvalue weighted by Gasteiger charge is -2.38. The zero-order chi connectivity index (χ0) is 18.4. The summed E-state index contributed by atoms with van der Waals surface area (Å²) in [5.41, 5.74) is 1.95. The maximum Gasteiger partial charge on any atom is 0.251 e. The summed E-state index contributed by atoms with van der Waals surface area (Å²) in [5.74, 6) is 0.750. The van der Waals surface area contributed by atoms with Crippen molar-refractivity contribution in [2.24, 2.45) is 0 Å². The summed E-state index contributed by atoms with van der Waals surface area (Å²) in [7, 11) is 2.16. The summed E-state index contributed by atoms with van der Waals surface area (Å²) in [4.78, 5) is 17.4. The van der Waals surface area contributed by atoms with Crippen LogP contribution in [0.25, 0.3) is 0 Å². The number of ether oxygens (including phenoxy) is 1. The lowest BCUT2D eigenvalue weighted by Crippen LogP contribution is -2.48. The molecular formula is C20H27N3O2S. The van der Waals surface area contributed by atoms with Crippen LogP contribution in [0.2, 0.25) is 0 Å². The number of benzene rings is 1. The minimum absolute atomic E-state index is 0.0394. The highest BCUT2D eigenvalue weighted by atomic mass is 32.1. The van der Waals surface area contributed by atoms with Gasteiger partial charge in [-0.1, -0.05) is 0 Å². The van der Waals surface area contributed by atoms with Gasteiger partial charge >= 0.3 is 0 Å². The van der Waals surface area contributed by atoms with Gasteiger partial charge in [-0.2, -0.15) is 11.3 Å². The van der Waals surface area contributed by atoms with Crippen LogP contribution in [0.15, 0.2) is 41.1 Å². The van der Waals surface area contributed by atoms with Crippen LogP contribution >= 0.6 is 11.3 Å². The molecule has 1 aliphatic heterocycles. The number of hydrogen-bond donors (Lipinski definition) is 1. The van der Waals surface area contributed by atoms with E-state index in [1.54, 1.807) is 11.3 Å². The van der Waals surface area contributed by atoms with Crippen molar-refractivity contribution in [3.8, 4) is 5.75 Å². The molecule has 0 saturated carbocycles. The van der Waals surface area contributed by atoms with E-state index in [2.05, 4.69) is 39.0 Å². The van der Waals surface area contributed by atoms with E-state index < -0.39 is 0 Å². The number of hydrogen-bond acceptors (Lipinski definition) is 5. The average Bonchev–Trinajstić information content (AvgIpc) is 3.18. The maximum absolute atomic E-state index is 12.5. The number of carbonyl (C=O) groups excluding carboxylic acids is 1. The smallest absolute Gasteiger partial charge is 0.251 e. The first-order valence-electron chi connectivity index (χ1n) is 9.13. The van der Waals surface area contributed by atoms with E-state index in [0.29, 0.717) is 18.7 Å². The predicted octanol–water partition coefficient (Wildman–Crippen LogP) is 2.87. The number of piperazine rings is 1. The molecule has 1 fully saturated rings. The summed E-state index contributed by atoms with van der Waals surface area (Å²) < 4.78 is 5.43. The maximum atomic E-state index is 12.5. The zero-order valence-corrected chi connectivity index (χ0v) is 16.3. The molecule has 1 amide bonds. The molecule has 6 heteroatoms. The molecule has 0 spiro atoms. The van der Waals surface area contributed by atoms with Gasteiger partial charge in [0.05, 0.1) is 12.6 Å². The van der Waals surface area contributed by atoms with Gasteiger partial charge in [0.25, 0.3) is 5.91 Å². The van der Waals surface area contributed by atoms with Crippen molar-refractivity contribution >= 4 is 17.2 Å². The van der Waals surface area contributed by atoms with Crippen molar-refractivity contribution < 1.29 is 9.53 Å². The van der Waals surface area contributed by atoms with Crippen molar-refractivity contribution in [1.82, 2.24) is 15.1 Å². The van der Waals surface area contributed by atoms with Crippen LogP contribution in [-0.4, -0.2) is 62.1 Å². The average molecular weight is 374 g/mol. The van der Waals surface area contributed by atoms with E-state index in [4.69, 9.17) is 4.74 Å². The lowest BCUT2D eigenvalue weighted by molar-refractivity contribution is 0.0886. The van der Waals surface area contributed by atoms with Gasteiger partial charge in [-0.05, 0) is 60.6 Å². The van der Waals surface area contributed by atoms with Gasteiger partial charge in [-0.25, -0.2) is 0 Å². The summed E-state index contributed by atoms with van der Waals surface area (Å²) in [5, 5.41) is 7.41. The Kier molecular flexibility index (Phi) is 6.66. The molecule has 0 radical (unpaired) electrons. The second-order valence-electron chi connectivity index (χ2n) is 6.58. The van der Waals surface area contributed by atoms with Crippen molar-refractivity contribution in [1.29, 1.82) is 0 Å². The molecule has 1 atom stereocenters. The van der Waals surface area contributed by atoms with E-state index in [-0.39, 0.29) is 11.9 Å². The van der Waals surface area contributed by atoms with Crippen molar-refractivity contribution in [2.75, 3.05) is 46.4 Å². The highest BCUT2D eigenvalue weighted by Crippen LogP contribution is 2.24. The third-order valence-corrected chi connectivity index (χ3v) is 5.49. The summed E-state index contributed by atoms with van der Waals surface area (Å²) in [6.07, 6.45) is 0. The Bertz CT molecular complexity index is 680. The van der Waals surface area contributed by atoms with Gasteiger partial charge in [0, 0.05) is 38.3 Å². The summed E-state index contributed by atoms with van der Waals surface area (Å²) in [6, 6.07) is 9.70. The van der Waals surface area contributed by atoms with Crippen LogP contribution in [0, 0.1) is 0 Å². The van der Waals surface area contributed by atoms with Gasteiger partial charge in [0.1, 0.15) is 5.75 Å². The first-order valence-corrected chi connectivity index (χ1v) is 10.1. The quantitative estimate of drug-likeness (QED) is 0.811. The van der Waals surface area contributed by atoms with Crippen LogP contribution in [0.1, 0.15) is 28.9 Å². The number of amides is 1. The van der Waals surface area contributed by atoms with Crippen LogP contribution < -0.4 is 10.1 Å². The monoisotopic (exact) mass is 373 g/mol. The fraction of sp³-hybridized carbons (Fsp3) is 0.450. The fourth-order valence-electron chi connectivity index (χ4n) is 3.22. The number of thiophene rings is 1. The third kappa shape index (κ3) is 4.84. The summed E-state index contributed by atoms with van der Waals surface area (Å²) >= 11 is 1.71. The van der Waals surface area contributed by atoms with E-state index in [1.807, 2.05) is 31.2 Å². The normalized spacial score (nSPS) is 17.0. The minimum Gasteiger partial charge on any atom is -0.494 e. The molecule has 1 unspecified atom stereocenters. The van der Waals surface area contributed by atoms with Crippen molar-refractivity contribution in [3.05, 3.63) is 52.2 Å². The number of nitrogens with zero attached hydrogens (tertiary/aromatic N) is 2. The molecule has 0 aliphatic carbocycles. The highest BCUT2D eigenvalue weighted by Gasteiger charge is 2.24. The highest BCUT2D eigenvalue weighted by molar-refractivity contribution is 7.07. The standard InChI is InChI=1S/C20H27N3O2S/c1-3-25-18-6-4-16(5-7-18)20(24)21-14-19(17-8-13-26-15-17)23-11-9-22(2)10-12-23/h4-8,13,15,19H,3,9-12,14H2,1-2H3,(H,21,24). The van der Waals surface area contributed by atoms with Crippen LogP contribution in [0.4, 0.5) is 0 Å². The fourth-order valence-corrected chi connectivity index (χ4v) is 3.92. The van der Waals surface area contributed by atoms with Gasteiger partial charge in [0.2, 0.25) is 0 Å². The minimum atomic E-state index is -0.0394. The largest absolute Gasteiger partial charge is 0.494 e. The topological polar surface area (TPSA) is 44.8 Å². The molecule has 1 N–H and O–H groups in total. The van der Waals surface area contributed by atoms with Crippen LogP contribution in [-0.2, 0) is 0 Å². The van der Waals surface area contributed by atoms with Crippen molar-refractivity contribution in [3.63, 3.8) is 0 Å². The van der Waals surface area contributed by atoms with E-state index in [1.165, 1.54) is 5.56 Å². The first kappa shape index (κ1) is 18.9. The SMILES string of the molecule is CCOc1ccc(C(=O)NCC(c2ccsc2)N2CCN(C)CC2)cc1. The molecule has 3 rings (SSSR count). The molecule has 2 aromatic rings. The summed E-state index contributed by atoms with van der Waals surface area (Å²) in [6.45, 7) is 7.36. The predicted molar refractivity (Wildman–Crippen MR) is 106 cm³/mol. The van der Waals surface area contributed by atoms with Gasteiger partial charge in [-0.15, -0.1) is 0 Å². The molecule has 1 aliphatic rings. The Labute approximate surface area is 159 Å². The molecular weight excluding hydrogens is 346 g/mol. The van der Waals surface area contributed by atoms with Crippen LogP contribution in [0.3, 0.4) is 0 Å². The molecule has 1 aromatic carbocycles. The van der Waals surface area contributed by atoms with E-state index in [9.17, 15) is 4.79 Å². The second kappa shape index (κ2) is 9.16. The molecule has 1 saturated heterocycles. The molecule has 0 bridgehead atoms. The van der Waals surface area contributed by atoms with Gasteiger partial charge in [-0.3, -0.25) is 9.69 Å². The number of nitrogens with one attached hydrogen (secondary N) is 1. The second-order valence-corrected chi connectivity index (χ2v) is 7.36. The Morgan fingerprint density at radius 3 is 2.54 bits per heavy atom. The first-order chi connectivity index (χ1) is 12.7. The van der Waals surface area contributed by atoms with E-state index in [0.717, 1.165) is 31.9 Å². The number of carbonyl (C=O) groups is 1. The molecule has 5 nitrogen and oxygen atoms in total. The Balaban J connectivity index is 1.62. The third-order valence-electron chi connectivity index (χ3n) is 4.79. The number of likely N-dealkylation sites (N-methyl/N-ethyl adjacent to an activating group) is 1. The van der Waals surface area contributed by atoms with Crippen molar-refractivity contribution in [2.45, 2.75) is 13.0 Å².